The standard InChI is InChI=1S/C51H91NO7/c1-6-8-10-12-14-16-18-20-21-22-23-24-25-26-27-28-30-32-34-36-38-40-42-50(54)59-47(45-57-44-43-48(51(55)56)52(3,4)5)46-58-49(53)41-39-37-35-33-31-29-19-17-15-13-11-9-7-2/h14,16,20-21,23-24,29,31,47-48H,6-13,15,17-19,22,25-28,30,32-46H2,1-5H3/p+1/b16-14+,21-20+,24-23+,31-29+. The monoisotopic (exact) mass is 831 g/mol. The normalized spacial score (nSPS) is 13.3. The van der Waals surface area contributed by atoms with E-state index < -0.39 is 18.1 Å². The molecule has 0 aromatic carbocycles. The van der Waals surface area contributed by atoms with Crippen LogP contribution in [0.5, 0.6) is 0 Å². The Labute approximate surface area is 363 Å². The summed E-state index contributed by atoms with van der Waals surface area (Å²) in [6, 6.07) is -0.618. The number of aliphatic carboxylic acids is 1. The van der Waals surface area contributed by atoms with Gasteiger partial charge >= 0.3 is 17.9 Å². The third kappa shape index (κ3) is 40.5. The molecule has 0 fully saturated rings. The molecule has 0 aromatic rings. The van der Waals surface area contributed by atoms with Crippen LogP contribution in [0.25, 0.3) is 0 Å². The highest BCUT2D eigenvalue weighted by Gasteiger charge is 2.31. The molecule has 0 bridgehead atoms. The largest absolute Gasteiger partial charge is 0.477 e. The average molecular weight is 831 g/mol. The van der Waals surface area contributed by atoms with Crippen molar-refractivity contribution in [2.45, 2.75) is 219 Å². The summed E-state index contributed by atoms with van der Waals surface area (Å²) in [5.74, 6) is -1.49. The molecule has 8 nitrogen and oxygen atoms in total. The molecule has 0 aliphatic carbocycles. The quantitative estimate of drug-likeness (QED) is 0.0283. The van der Waals surface area contributed by atoms with Crippen LogP contribution in [0.4, 0.5) is 0 Å². The van der Waals surface area contributed by atoms with E-state index in [4.69, 9.17) is 14.2 Å². The third-order valence-corrected chi connectivity index (χ3v) is 10.7. The van der Waals surface area contributed by atoms with Gasteiger partial charge in [-0.3, -0.25) is 9.59 Å². The number of carbonyl (C=O) groups excluding carboxylic acids is 2. The molecular weight excluding hydrogens is 739 g/mol. The molecule has 0 spiro atoms. The molecule has 0 saturated carbocycles. The lowest BCUT2D eigenvalue weighted by Gasteiger charge is -2.31. The molecule has 0 heterocycles. The summed E-state index contributed by atoms with van der Waals surface area (Å²) in [5.41, 5.74) is 0. The minimum atomic E-state index is -0.878. The summed E-state index contributed by atoms with van der Waals surface area (Å²) >= 11 is 0. The Kier molecular flexibility index (Phi) is 40.1. The van der Waals surface area contributed by atoms with E-state index >= 15 is 0 Å². The molecule has 342 valence electrons. The number of esters is 2. The molecule has 0 rings (SSSR count). The van der Waals surface area contributed by atoms with Crippen LogP contribution in [0, 0.1) is 0 Å². The first-order valence-electron chi connectivity index (χ1n) is 24.2. The summed E-state index contributed by atoms with van der Waals surface area (Å²) in [7, 11) is 5.52. The van der Waals surface area contributed by atoms with Crippen LogP contribution in [0.15, 0.2) is 48.6 Å². The molecule has 0 aromatic heterocycles. The Balaban J connectivity index is 4.28. The predicted octanol–water partition coefficient (Wildman–Crippen LogP) is 13.6. The molecule has 8 heteroatoms. The van der Waals surface area contributed by atoms with E-state index in [-0.39, 0.29) is 36.2 Å². The highest BCUT2D eigenvalue weighted by molar-refractivity contribution is 5.72. The molecule has 2 atom stereocenters. The first kappa shape index (κ1) is 56.3. The number of carboxylic acid groups (broad SMARTS) is 1. The lowest BCUT2D eigenvalue weighted by molar-refractivity contribution is -0.887. The smallest absolute Gasteiger partial charge is 0.362 e. The minimum Gasteiger partial charge on any atom is -0.477 e. The Bertz CT molecular complexity index is 1110. The van der Waals surface area contributed by atoms with Crippen LogP contribution in [0.2, 0.25) is 0 Å². The third-order valence-electron chi connectivity index (χ3n) is 10.7. The van der Waals surface area contributed by atoms with Crippen molar-refractivity contribution in [1.29, 1.82) is 0 Å². The zero-order valence-corrected chi connectivity index (χ0v) is 39.0. The molecular formula is C51H92NO7+. The number of rotatable bonds is 43. The molecule has 0 amide bonds. The van der Waals surface area contributed by atoms with Crippen molar-refractivity contribution in [3.05, 3.63) is 48.6 Å². The SMILES string of the molecule is CCCCC/C=C/C/C=C/C/C=C/CCCCCCCCCCCC(=O)OC(COCCC(C(=O)O)[N+](C)(C)C)COC(=O)CCCCC/C=C/CCCCCCCC. The number of unbranched alkanes of at least 4 members (excludes halogenated alkanes) is 21. The fourth-order valence-electron chi connectivity index (χ4n) is 6.92. The lowest BCUT2D eigenvalue weighted by atomic mass is 10.1. The van der Waals surface area contributed by atoms with E-state index in [2.05, 4.69) is 62.5 Å². The van der Waals surface area contributed by atoms with Gasteiger partial charge in [0.05, 0.1) is 34.4 Å². The van der Waals surface area contributed by atoms with E-state index in [0.29, 0.717) is 19.3 Å². The van der Waals surface area contributed by atoms with Gasteiger partial charge in [-0.1, -0.05) is 159 Å². The minimum absolute atomic E-state index is 0.0541. The number of likely N-dealkylation sites (N-methyl/N-ethyl adjacent to an activating group) is 1. The molecule has 0 aliphatic rings. The van der Waals surface area contributed by atoms with Gasteiger partial charge in [0.25, 0.3) is 0 Å². The summed E-state index contributed by atoms with van der Waals surface area (Å²) in [6.45, 7) is 4.69. The summed E-state index contributed by atoms with van der Waals surface area (Å²) in [4.78, 5) is 37.0. The van der Waals surface area contributed by atoms with Gasteiger partial charge in [0, 0.05) is 19.3 Å². The molecule has 0 radical (unpaired) electrons. The van der Waals surface area contributed by atoms with E-state index in [1.807, 2.05) is 21.1 Å². The molecule has 1 N–H and O–H groups in total. The summed E-state index contributed by atoms with van der Waals surface area (Å²) in [6.07, 6.45) is 50.1. The second-order valence-corrected chi connectivity index (χ2v) is 17.4. The van der Waals surface area contributed by atoms with Crippen molar-refractivity contribution >= 4 is 17.9 Å². The fourth-order valence-corrected chi connectivity index (χ4v) is 6.92. The topological polar surface area (TPSA) is 99.1 Å². The number of nitrogens with zero attached hydrogens (tertiary/aromatic N) is 1. The van der Waals surface area contributed by atoms with Crippen molar-refractivity contribution in [2.75, 3.05) is 41.0 Å². The van der Waals surface area contributed by atoms with E-state index in [1.54, 1.807) is 0 Å². The van der Waals surface area contributed by atoms with E-state index in [1.165, 1.54) is 103 Å². The fraction of sp³-hybridized carbons (Fsp3) is 0.784. The Morgan fingerprint density at radius 3 is 1.39 bits per heavy atom. The zero-order valence-electron chi connectivity index (χ0n) is 39.0. The molecule has 59 heavy (non-hydrogen) atoms. The average Bonchev–Trinajstić information content (AvgIpc) is 3.19. The van der Waals surface area contributed by atoms with Crippen LogP contribution < -0.4 is 0 Å². The maximum atomic E-state index is 12.8. The number of hydrogen-bond donors (Lipinski definition) is 1. The van der Waals surface area contributed by atoms with Crippen molar-refractivity contribution in [2.24, 2.45) is 0 Å². The number of allylic oxidation sites excluding steroid dienone is 8. The lowest BCUT2D eigenvalue weighted by Crippen LogP contribution is -2.50. The van der Waals surface area contributed by atoms with E-state index in [0.717, 1.165) is 70.6 Å². The Morgan fingerprint density at radius 2 is 0.898 bits per heavy atom. The van der Waals surface area contributed by atoms with Crippen LogP contribution in [0.3, 0.4) is 0 Å². The number of hydrogen-bond acceptors (Lipinski definition) is 6. The van der Waals surface area contributed by atoms with Crippen LogP contribution in [-0.4, -0.2) is 80.6 Å². The number of quaternary nitrogens is 1. The number of ether oxygens (including phenoxy) is 3. The van der Waals surface area contributed by atoms with Gasteiger partial charge in [-0.2, -0.15) is 0 Å². The van der Waals surface area contributed by atoms with Gasteiger partial charge in [0.2, 0.25) is 0 Å². The maximum Gasteiger partial charge on any atom is 0.362 e. The maximum absolute atomic E-state index is 12.8. The predicted molar refractivity (Wildman–Crippen MR) is 248 cm³/mol. The first-order valence-corrected chi connectivity index (χ1v) is 24.2. The van der Waals surface area contributed by atoms with Crippen molar-refractivity contribution < 1.29 is 38.2 Å². The number of carbonyl (C=O) groups is 3. The summed E-state index contributed by atoms with van der Waals surface area (Å²) < 4.78 is 17.3. The Morgan fingerprint density at radius 1 is 0.508 bits per heavy atom. The number of carboxylic acids is 1. The summed E-state index contributed by atoms with van der Waals surface area (Å²) in [5, 5.41) is 9.63. The Hall–Kier alpha value is -2.71. The second kappa shape index (κ2) is 42.0. The van der Waals surface area contributed by atoms with Gasteiger partial charge in [-0.05, 0) is 77.0 Å². The van der Waals surface area contributed by atoms with Crippen molar-refractivity contribution in [1.82, 2.24) is 0 Å². The highest BCUT2D eigenvalue weighted by atomic mass is 16.6. The van der Waals surface area contributed by atoms with Gasteiger partial charge in [-0.15, -0.1) is 0 Å². The molecule has 0 aliphatic heterocycles. The van der Waals surface area contributed by atoms with Crippen LogP contribution >= 0.6 is 0 Å². The van der Waals surface area contributed by atoms with E-state index in [9.17, 15) is 19.5 Å². The van der Waals surface area contributed by atoms with Gasteiger partial charge in [-0.25, -0.2) is 4.79 Å². The van der Waals surface area contributed by atoms with Gasteiger partial charge < -0.3 is 23.8 Å². The van der Waals surface area contributed by atoms with Crippen molar-refractivity contribution in [3.63, 3.8) is 0 Å². The van der Waals surface area contributed by atoms with Gasteiger partial charge in [0.15, 0.2) is 12.1 Å². The molecule has 0 saturated heterocycles. The van der Waals surface area contributed by atoms with Crippen LogP contribution in [0.1, 0.15) is 206 Å². The van der Waals surface area contributed by atoms with Crippen LogP contribution in [-0.2, 0) is 28.6 Å². The van der Waals surface area contributed by atoms with Gasteiger partial charge in [0.1, 0.15) is 6.61 Å². The highest BCUT2D eigenvalue weighted by Crippen LogP contribution is 2.14. The molecule has 2 unspecified atom stereocenters. The second-order valence-electron chi connectivity index (χ2n) is 17.4. The zero-order chi connectivity index (χ0) is 43.5. The first-order chi connectivity index (χ1) is 28.6. The van der Waals surface area contributed by atoms with Crippen molar-refractivity contribution in [3.8, 4) is 0 Å².